The van der Waals surface area contributed by atoms with Crippen LogP contribution in [0.1, 0.15) is 44.2 Å². The van der Waals surface area contributed by atoms with Gasteiger partial charge in [-0.05, 0) is 66.5 Å². The summed E-state index contributed by atoms with van der Waals surface area (Å²) < 4.78 is 6.16. The minimum atomic E-state index is 0.190. The first-order valence-electron chi connectivity index (χ1n) is 7.27. The first-order chi connectivity index (χ1) is 9.27. The fourth-order valence-corrected chi connectivity index (χ4v) is 5.22. The lowest BCUT2D eigenvalue weighted by Gasteiger charge is -2.44. The zero-order valence-electron chi connectivity index (χ0n) is 11.6. The van der Waals surface area contributed by atoms with Crippen molar-refractivity contribution in [2.75, 3.05) is 18.1 Å². The number of ether oxygens (including phenoxy) is 1. The van der Waals surface area contributed by atoms with Crippen molar-refractivity contribution in [1.82, 2.24) is 5.32 Å². The van der Waals surface area contributed by atoms with E-state index in [9.17, 15) is 0 Å². The van der Waals surface area contributed by atoms with Crippen molar-refractivity contribution in [3.05, 3.63) is 22.4 Å². The van der Waals surface area contributed by atoms with Crippen molar-refractivity contribution in [1.29, 1.82) is 0 Å². The maximum atomic E-state index is 6.16. The van der Waals surface area contributed by atoms with Crippen LogP contribution in [0.2, 0.25) is 0 Å². The monoisotopic (exact) mass is 297 g/mol. The van der Waals surface area contributed by atoms with Crippen molar-refractivity contribution < 1.29 is 4.74 Å². The van der Waals surface area contributed by atoms with E-state index in [4.69, 9.17) is 4.74 Å². The second-order valence-corrected chi connectivity index (χ2v) is 7.78. The van der Waals surface area contributed by atoms with Gasteiger partial charge in [0.05, 0.1) is 5.60 Å². The van der Waals surface area contributed by atoms with Gasteiger partial charge in [-0.15, -0.1) is 0 Å². The van der Waals surface area contributed by atoms with Gasteiger partial charge in [-0.3, -0.25) is 0 Å². The summed E-state index contributed by atoms with van der Waals surface area (Å²) in [6, 6.07) is 3.31. The molecule has 2 aliphatic heterocycles. The van der Waals surface area contributed by atoms with E-state index in [0.717, 1.165) is 13.0 Å². The van der Waals surface area contributed by atoms with Crippen molar-refractivity contribution in [3.8, 4) is 0 Å². The van der Waals surface area contributed by atoms with Crippen molar-refractivity contribution in [2.45, 2.75) is 50.3 Å². The number of thiophene rings is 1. The van der Waals surface area contributed by atoms with Gasteiger partial charge in [0, 0.05) is 18.7 Å². The minimum absolute atomic E-state index is 0.190. The highest BCUT2D eigenvalue weighted by Gasteiger charge is 2.38. The molecule has 0 aliphatic carbocycles. The van der Waals surface area contributed by atoms with Gasteiger partial charge in [0.15, 0.2) is 0 Å². The van der Waals surface area contributed by atoms with Crippen LogP contribution < -0.4 is 5.32 Å². The van der Waals surface area contributed by atoms with Crippen molar-refractivity contribution in [2.24, 2.45) is 0 Å². The molecule has 2 atom stereocenters. The van der Waals surface area contributed by atoms with Gasteiger partial charge in [-0.25, -0.2) is 0 Å². The summed E-state index contributed by atoms with van der Waals surface area (Å²) in [5.74, 6) is 2.54. The third-order valence-corrected chi connectivity index (χ3v) is 6.11. The molecule has 3 rings (SSSR count). The predicted octanol–water partition coefficient (Wildman–Crippen LogP) is 3.84. The number of rotatable bonds is 3. The van der Waals surface area contributed by atoms with Crippen LogP contribution in [0.4, 0.5) is 0 Å². The summed E-state index contributed by atoms with van der Waals surface area (Å²) in [7, 11) is 0. The van der Waals surface area contributed by atoms with Crippen LogP contribution in [0.15, 0.2) is 16.8 Å². The molecule has 3 heterocycles. The van der Waals surface area contributed by atoms with E-state index < -0.39 is 0 Å². The van der Waals surface area contributed by atoms with Gasteiger partial charge >= 0.3 is 0 Å². The maximum Gasteiger partial charge on any atom is 0.0713 e. The van der Waals surface area contributed by atoms with Gasteiger partial charge in [0.1, 0.15) is 0 Å². The number of nitrogens with one attached hydrogen (secondary N) is 1. The maximum absolute atomic E-state index is 6.16. The van der Waals surface area contributed by atoms with Gasteiger partial charge in [0.2, 0.25) is 0 Å². The molecule has 0 saturated carbocycles. The van der Waals surface area contributed by atoms with Crippen molar-refractivity contribution >= 4 is 23.1 Å². The molecule has 19 heavy (non-hydrogen) atoms. The van der Waals surface area contributed by atoms with Crippen LogP contribution in [-0.2, 0) is 4.74 Å². The smallest absolute Gasteiger partial charge is 0.0713 e. The first-order valence-corrected chi connectivity index (χ1v) is 9.37. The molecule has 2 unspecified atom stereocenters. The standard InChI is InChI=1S/C15H23NOS2/c1-12(13-3-7-19-11-13)16-14-2-6-17-15(10-14)4-8-18-9-5-15/h3,7,11-12,14,16H,2,4-6,8-10H2,1H3. The molecular formula is C15H23NOS2. The zero-order chi connectivity index (χ0) is 13.1. The first kappa shape index (κ1) is 13.9. The molecule has 1 aromatic heterocycles. The lowest BCUT2D eigenvalue weighted by molar-refractivity contribution is -0.0940. The van der Waals surface area contributed by atoms with Gasteiger partial charge in [-0.1, -0.05) is 0 Å². The molecule has 2 saturated heterocycles. The molecular weight excluding hydrogens is 274 g/mol. The topological polar surface area (TPSA) is 21.3 Å². The van der Waals surface area contributed by atoms with E-state index in [1.54, 1.807) is 11.3 Å². The minimum Gasteiger partial charge on any atom is -0.375 e. The van der Waals surface area contributed by atoms with E-state index in [-0.39, 0.29) is 5.60 Å². The molecule has 1 aromatic rings. The van der Waals surface area contributed by atoms with Crippen LogP contribution in [-0.4, -0.2) is 29.8 Å². The molecule has 0 aromatic carbocycles. The average Bonchev–Trinajstić information content (AvgIpc) is 2.93. The Morgan fingerprint density at radius 2 is 2.26 bits per heavy atom. The van der Waals surface area contributed by atoms with E-state index >= 15 is 0 Å². The van der Waals surface area contributed by atoms with Crippen LogP contribution in [0.3, 0.4) is 0 Å². The summed E-state index contributed by atoms with van der Waals surface area (Å²) in [4.78, 5) is 0. The van der Waals surface area contributed by atoms with Crippen LogP contribution >= 0.6 is 23.1 Å². The summed E-state index contributed by atoms with van der Waals surface area (Å²) in [5, 5.41) is 8.23. The second-order valence-electron chi connectivity index (χ2n) is 5.78. The van der Waals surface area contributed by atoms with Gasteiger partial charge in [0.25, 0.3) is 0 Å². The lowest BCUT2D eigenvalue weighted by Crippen LogP contribution is -2.49. The van der Waals surface area contributed by atoms with E-state index in [1.807, 2.05) is 0 Å². The second kappa shape index (κ2) is 6.17. The fraction of sp³-hybridized carbons (Fsp3) is 0.733. The summed E-state index contributed by atoms with van der Waals surface area (Å²) in [6.45, 7) is 3.21. The molecule has 0 amide bonds. The number of thioether (sulfide) groups is 1. The van der Waals surface area contributed by atoms with Crippen molar-refractivity contribution in [3.63, 3.8) is 0 Å². The largest absolute Gasteiger partial charge is 0.375 e. The van der Waals surface area contributed by atoms with Gasteiger partial charge in [-0.2, -0.15) is 23.1 Å². The Kier molecular flexibility index (Phi) is 4.52. The van der Waals surface area contributed by atoms with Gasteiger partial charge < -0.3 is 10.1 Å². The molecule has 1 N–H and O–H groups in total. The zero-order valence-corrected chi connectivity index (χ0v) is 13.2. The molecule has 2 fully saturated rings. The molecule has 4 heteroatoms. The Morgan fingerprint density at radius 1 is 1.42 bits per heavy atom. The number of hydrogen-bond acceptors (Lipinski definition) is 4. The predicted molar refractivity (Wildman–Crippen MR) is 84.1 cm³/mol. The Labute approximate surface area is 124 Å². The third kappa shape index (κ3) is 3.35. The normalized spacial score (nSPS) is 28.4. The fourth-order valence-electron chi connectivity index (χ4n) is 3.23. The Balaban J connectivity index is 1.59. The Morgan fingerprint density at radius 3 is 3.00 bits per heavy atom. The summed E-state index contributed by atoms with van der Waals surface area (Å²) in [6.07, 6.45) is 4.83. The van der Waals surface area contributed by atoms with Crippen LogP contribution in [0, 0.1) is 0 Å². The quantitative estimate of drug-likeness (QED) is 0.916. The highest BCUT2D eigenvalue weighted by atomic mass is 32.2. The molecule has 106 valence electrons. The molecule has 2 aliphatic rings. The van der Waals surface area contributed by atoms with E-state index in [2.05, 4.69) is 40.8 Å². The van der Waals surface area contributed by atoms with E-state index in [1.165, 1.54) is 36.3 Å². The lowest BCUT2D eigenvalue weighted by atomic mass is 9.85. The molecule has 0 bridgehead atoms. The molecule has 0 radical (unpaired) electrons. The third-order valence-electron chi connectivity index (χ3n) is 4.43. The Bertz CT molecular complexity index is 381. The highest BCUT2D eigenvalue weighted by Crippen LogP contribution is 2.38. The summed E-state index contributed by atoms with van der Waals surface area (Å²) >= 11 is 3.86. The van der Waals surface area contributed by atoms with Crippen LogP contribution in [0.5, 0.6) is 0 Å². The highest BCUT2D eigenvalue weighted by molar-refractivity contribution is 7.99. The summed E-state index contributed by atoms with van der Waals surface area (Å²) in [5.41, 5.74) is 1.61. The number of hydrogen-bond donors (Lipinski definition) is 1. The average molecular weight is 297 g/mol. The Hall–Kier alpha value is -0.0300. The van der Waals surface area contributed by atoms with Crippen LogP contribution in [0.25, 0.3) is 0 Å². The van der Waals surface area contributed by atoms with E-state index in [0.29, 0.717) is 12.1 Å². The SMILES string of the molecule is CC(NC1CCOC2(CCSCC2)C1)c1ccsc1. The molecule has 2 nitrogen and oxygen atoms in total. The molecule has 1 spiro atoms.